The molecular formula is C11H12O5S. The summed E-state index contributed by atoms with van der Waals surface area (Å²) in [6.45, 7) is 3.14. The molecule has 0 aliphatic rings. The summed E-state index contributed by atoms with van der Waals surface area (Å²) in [5.74, 6) is -1.42. The highest BCUT2D eigenvalue weighted by Gasteiger charge is 2.18. The first-order valence-corrected chi connectivity index (χ1v) is 6.35. The number of hydrogen-bond acceptors (Lipinski definition) is 5. The van der Waals surface area contributed by atoms with Gasteiger partial charge in [-0.2, -0.15) is 8.42 Å². The standard InChI is InChI=1S/C11H12O5S/c1-2-8-15-17(13,14)9-11(12)16-10-6-4-3-5-7-10/h2-7H,1,8-9H2. The van der Waals surface area contributed by atoms with Crippen LogP contribution >= 0.6 is 0 Å². The van der Waals surface area contributed by atoms with E-state index in [4.69, 9.17) is 4.74 Å². The summed E-state index contributed by atoms with van der Waals surface area (Å²) < 4.78 is 31.7. The second-order valence-corrected chi connectivity index (χ2v) is 4.70. The van der Waals surface area contributed by atoms with Crippen molar-refractivity contribution in [2.75, 3.05) is 12.4 Å². The highest BCUT2D eigenvalue weighted by atomic mass is 32.2. The van der Waals surface area contributed by atoms with E-state index in [9.17, 15) is 13.2 Å². The van der Waals surface area contributed by atoms with Gasteiger partial charge in [-0.1, -0.05) is 24.3 Å². The Morgan fingerprint density at radius 3 is 2.53 bits per heavy atom. The molecule has 0 fully saturated rings. The first-order chi connectivity index (χ1) is 8.03. The summed E-state index contributed by atoms with van der Waals surface area (Å²) >= 11 is 0. The minimum absolute atomic E-state index is 0.166. The molecule has 0 spiro atoms. The fraction of sp³-hybridized carbons (Fsp3) is 0.182. The molecule has 0 atom stereocenters. The van der Waals surface area contributed by atoms with Crippen molar-refractivity contribution in [1.82, 2.24) is 0 Å². The molecule has 0 radical (unpaired) electrons. The molecule has 0 bridgehead atoms. The Labute approximate surface area is 99.8 Å². The second-order valence-electron chi connectivity index (χ2n) is 3.06. The van der Waals surface area contributed by atoms with Crippen LogP contribution in [0.25, 0.3) is 0 Å². The Morgan fingerprint density at radius 2 is 1.94 bits per heavy atom. The molecule has 17 heavy (non-hydrogen) atoms. The van der Waals surface area contributed by atoms with E-state index in [1.807, 2.05) is 0 Å². The van der Waals surface area contributed by atoms with Crippen LogP contribution in [0.15, 0.2) is 43.0 Å². The predicted molar refractivity (Wildman–Crippen MR) is 62.0 cm³/mol. The van der Waals surface area contributed by atoms with Gasteiger partial charge in [0.05, 0.1) is 6.61 Å². The Balaban J connectivity index is 2.53. The SMILES string of the molecule is C=CCOS(=O)(=O)CC(=O)Oc1ccccc1. The largest absolute Gasteiger partial charge is 0.426 e. The molecule has 0 unspecified atom stereocenters. The van der Waals surface area contributed by atoms with Gasteiger partial charge in [0.1, 0.15) is 5.75 Å². The Kier molecular flexibility index (Phi) is 4.86. The van der Waals surface area contributed by atoms with E-state index in [1.165, 1.54) is 6.08 Å². The average molecular weight is 256 g/mol. The molecule has 1 aromatic rings. The van der Waals surface area contributed by atoms with Gasteiger partial charge in [-0.25, -0.2) is 0 Å². The topological polar surface area (TPSA) is 69.7 Å². The summed E-state index contributed by atoms with van der Waals surface area (Å²) in [5.41, 5.74) is 0. The van der Waals surface area contributed by atoms with Crippen LogP contribution in [0.4, 0.5) is 0 Å². The third kappa shape index (κ3) is 5.28. The van der Waals surface area contributed by atoms with Crippen molar-refractivity contribution in [1.29, 1.82) is 0 Å². The van der Waals surface area contributed by atoms with Crippen LogP contribution in [0.5, 0.6) is 5.75 Å². The zero-order valence-corrected chi connectivity index (χ0v) is 9.85. The summed E-state index contributed by atoms with van der Waals surface area (Å²) in [7, 11) is -3.91. The summed E-state index contributed by atoms with van der Waals surface area (Å²) in [4.78, 5) is 11.3. The molecule has 92 valence electrons. The van der Waals surface area contributed by atoms with Crippen molar-refractivity contribution in [3.05, 3.63) is 43.0 Å². The minimum atomic E-state index is -3.91. The Bertz CT molecular complexity index is 478. The van der Waals surface area contributed by atoms with Gasteiger partial charge in [-0.3, -0.25) is 8.98 Å². The van der Waals surface area contributed by atoms with E-state index in [-0.39, 0.29) is 12.4 Å². The van der Waals surface area contributed by atoms with Crippen molar-refractivity contribution >= 4 is 16.1 Å². The molecule has 0 aliphatic heterocycles. The van der Waals surface area contributed by atoms with Crippen molar-refractivity contribution in [2.45, 2.75) is 0 Å². The number of benzene rings is 1. The lowest BCUT2D eigenvalue weighted by molar-refractivity contribution is -0.131. The molecule has 0 amide bonds. The van der Waals surface area contributed by atoms with Gasteiger partial charge < -0.3 is 4.74 Å². The fourth-order valence-electron chi connectivity index (χ4n) is 0.987. The number of esters is 1. The number of rotatable bonds is 6. The van der Waals surface area contributed by atoms with Gasteiger partial charge in [-0.05, 0) is 12.1 Å². The third-order valence-electron chi connectivity index (χ3n) is 1.63. The number of hydrogen-bond donors (Lipinski definition) is 0. The number of ether oxygens (including phenoxy) is 1. The zero-order valence-electron chi connectivity index (χ0n) is 9.03. The van der Waals surface area contributed by atoms with E-state index in [0.717, 1.165) is 0 Å². The van der Waals surface area contributed by atoms with E-state index in [1.54, 1.807) is 30.3 Å². The molecule has 0 saturated carbocycles. The van der Waals surface area contributed by atoms with Crippen molar-refractivity contribution in [2.24, 2.45) is 0 Å². The molecule has 1 aromatic carbocycles. The summed E-state index contributed by atoms with van der Waals surface area (Å²) in [5, 5.41) is 0. The third-order valence-corrected chi connectivity index (χ3v) is 2.72. The molecular weight excluding hydrogens is 244 g/mol. The molecule has 0 aromatic heterocycles. The molecule has 6 heteroatoms. The molecule has 0 aliphatic carbocycles. The van der Waals surface area contributed by atoms with E-state index in [0.29, 0.717) is 0 Å². The lowest BCUT2D eigenvalue weighted by atomic mass is 10.3. The fourth-order valence-corrected chi connectivity index (χ4v) is 1.72. The van der Waals surface area contributed by atoms with Crippen LogP contribution in [0.3, 0.4) is 0 Å². The van der Waals surface area contributed by atoms with Crippen LogP contribution in [0, 0.1) is 0 Å². The number of para-hydroxylation sites is 1. The van der Waals surface area contributed by atoms with Gasteiger partial charge in [0.25, 0.3) is 10.1 Å². The summed E-state index contributed by atoms with van der Waals surface area (Å²) in [6.07, 6.45) is 1.28. The maximum Gasteiger partial charge on any atom is 0.329 e. The second kappa shape index (κ2) is 6.17. The van der Waals surface area contributed by atoms with Gasteiger partial charge in [0.2, 0.25) is 0 Å². The minimum Gasteiger partial charge on any atom is -0.426 e. The Morgan fingerprint density at radius 1 is 1.29 bits per heavy atom. The van der Waals surface area contributed by atoms with Crippen LogP contribution in [-0.2, 0) is 19.1 Å². The monoisotopic (exact) mass is 256 g/mol. The maximum atomic E-state index is 11.3. The van der Waals surface area contributed by atoms with E-state index in [2.05, 4.69) is 10.8 Å². The lowest BCUT2D eigenvalue weighted by Gasteiger charge is -2.04. The van der Waals surface area contributed by atoms with Crippen molar-refractivity contribution in [3.63, 3.8) is 0 Å². The lowest BCUT2D eigenvalue weighted by Crippen LogP contribution is -2.22. The highest BCUT2D eigenvalue weighted by Crippen LogP contribution is 2.09. The maximum absolute atomic E-state index is 11.3. The zero-order chi connectivity index (χ0) is 12.7. The summed E-state index contributed by atoms with van der Waals surface area (Å²) in [6, 6.07) is 8.20. The van der Waals surface area contributed by atoms with Crippen LogP contribution < -0.4 is 4.74 Å². The molecule has 0 saturated heterocycles. The predicted octanol–water partition coefficient (Wildman–Crippen LogP) is 1.12. The highest BCUT2D eigenvalue weighted by molar-refractivity contribution is 7.87. The molecule has 0 heterocycles. The van der Waals surface area contributed by atoms with E-state index >= 15 is 0 Å². The smallest absolute Gasteiger partial charge is 0.329 e. The van der Waals surface area contributed by atoms with Gasteiger partial charge in [0.15, 0.2) is 5.75 Å². The molecule has 5 nitrogen and oxygen atoms in total. The number of carbonyl (C=O) groups excluding carboxylic acids is 1. The first-order valence-electron chi connectivity index (χ1n) is 4.77. The normalized spacial score (nSPS) is 10.8. The van der Waals surface area contributed by atoms with Gasteiger partial charge in [0, 0.05) is 0 Å². The van der Waals surface area contributed by atoms with E-state index < -0.39 is 21.8 Å². The van der Waals surface area contributed by atoms with Crippen molar-refractivity contribution in [3.8, 4) is 5.75 Å². The van der Waals surface area contributed by atoms with Crippen LogP contribution in [0.2, 0.25) is 0 Å². The molecule has 0 N–H and O–H groups in total. The first kappa shape index (κ1) is 13.4. The van der Waals surface area contributed by atoms with Crippen LogP contribution in [0.1, 0.15) is 0 Å². The van der Waals surface area contributed by atoms with Crippen molar-refractivity contribution < 1.29 is 22.1 Å². The number of carbonyl (C=O) groups is 1. The average Bonchev–Trinajstić information content (AvgIpc) is 2.27. The van der Waals surface area contributed by atoms with Gasteiger partial charge >= 0.3 is 5.97 Å². The quantitative estimate of drug-likeness (QED) is 0.330. The molecule has 1 rings (SSSR count). The Hall–Kier alpha value is -1.66. The van der Waals surface area contributed by atoms with Gasteiger partial charge in [-0.15, -0.1) is 6.58 Å². The van der Waals surface area contributed by atoms with Crippen LogP contribution in [-0.4, -0.2) is 26.7 Å².